The van der Waals surface area contributed by atoms with E-state index in [1.54, 1.807) is 18.5 Å². The third-order valence-corrected chi connectivity index (χ3v) is 4.21. The first-order chi connectivity index (χ1) is 10.6. The molecule has 0 aromatic carbocycles. The van der Waals surface area contributed by atoms with E-state index in [-0.39, 0.29) is 18.2 Å². The Balaban J connectivity index is 1.69. The molecular weight excluding hydrogens is 282 g/mol. The maximum Gasteiger partial charge on any atom is 0.303 e. The van der Waals surface area contributed by atoms with Crippen molar-refractivity contribution in [2.75, 3.05) is 13.1 Å². The van der Waals surface area contributed by atoms with Gasteiger partial charge in [0.1, 0.15) is 5.65 Å². The minimum Gasteiger partial charge on any atom is -0.481 e. The number of imidazole rings is 1. The number of hydrogen-bond donors (Lipinski definition) is 1. The zero-order valence-electron chi connectivity index (χ0n) is 12.3. The quantitative estimate of drug-likeness (QED) is 0.938. The molecule has 1 atom stereocenters. The lowest BCUT2D eigenvalue weighted by atomic mass is 9.93. The molecule has 2 aromatic heterocycles. The molecule has 0 saturated carbocycles. The minimum absolute atomic E-state index is 0.00984. The van der Waals surface area contributed by atoms with Crippen LogP contribution >= 0.6 is 0 Å². The topological polar surface area (TPSA) is 74.9 Å². The van der Waals surface area contributed by atoms with Crippen LogP contribution in [-0.2, 0) is 4.79 Å². The average molecular weight is 301 g/mol. The second kappa shape index (κ2) is 6.17. The standard InChI is InChI=1S/C16H19N3O3/c20-15(21)6-3-12-2-1-8-19(10-12)16(22)13-4-5-14-17-7-9-18(14)11-13/h4-5,7,9,11-12H,1-3,6,8,10H2,(H,20,21)/t12-/m1/s1. The van der Waals surface area contributed by atoms with E-state index in [0.29, 0.717) is 18.5 Å². The van der Waals surface area contributed by atoms with Crippen molar-refractivity contribution in [3.8, 4) is 0 Å². The number of amides is 1. The number of aliphatic carboxylic acids is 1. The van der Waals surface area contributed by atoms with Crippen LogP contribution in [0, 0.1) is 5.92 Å². The Hall–Kier alpha value is -2.37. The third-order valence-electron chi connectivity index (χ3n) is 4.21. The van der Waals surface area contributed by atoms with Gasteiger partial charge >= 0.3 is 5.97 Å². The van der Waals surface area contributed by atoms with Crippen molar-refractivity contribution in [1.29, 1.82) is 0 Å². The van der Waals surface area contributed by atoms with Crippen molar-refractivity contribution in [1.82, 2.24) is 14.3 Å². The van der Waals surface area contributed by atoms with Crippen molar-refractivity contribution >= 4 is 17.5 Å². The highest BCUT2D eigenvalue weighted by atomic mass is 16.4. The van der Waals surface area contributed by atoms with Gasteiger partial charge in [-0.25, -0.2) is 4.98 Å². The van der Waals surface area contributed by atoms with Gasteiger partial charge in [-0.3, -0.25) is 9.59 Å². The van der Waals surface area contributed by atoms with Crippen molar-refractivity contribution in [2.24, 2.45) is 5.92 Å². The molecule has 1 aliphatic heterocycles. The number of carbonyl (C=O) groups excluding carboxylic acids is 1. The van der Waals surface area contributed by atoms with Crippen LogP contribution in [0.25, 0.3) is 5.65 Å². The zero-order valence-corrected chi connectivity index (χ0v) is 12.3. The number of carbonyl (C=O) groups is 2. The summed E-state index contributed by atoms with van der Waals surface area (Å²) in [6.45, 7) is 1.39. The Kier molecular flexibility index (Phi) is 4.09. The van der Waals surface area contributed by atoms with E-state index in [1.807, 2.05) is 21.6 Å². The van der Waals surface area contributed by atoms with E-state index in [2.05, 4.69) is 4.98 Å². The van der Waals surface area contributed by atoms with Crippen molar-refractivity contribution in [2.45, 2.75) is 25.7 Å². The van der Waals surface area contributed by atoms with E-state index in [1.165, 1.54) is 0 Å². The van der Waals surface area contributed by atoms with Crippen LogP contribution in [-0.4, -0.2) is 44.4 Å². The summed E-state index contributed by atoms with van der Waals surface area (Å²) in [4.78, 5) is 29.3. The second-order valence-corrected chi connectivity index (χ2v) is 5.80. The fourth-order valence-electron chi connectivity index (χ4n) is 3.04. The Morgan fingerprint density at radius 2 is 2.23 bits per heavy atom. The highest BCUT2D eigenvalue weighted by molar-refractivity contribution is 5.94. The van der Waals surface area contributed by atoms with Gasteiger partial charge in [0, 0.05) is 38.1 Å². The molecule has 0 aliphatic carbocycles. The van der Waals surface area contributed by atoms with Crippen molar-refractivity contribution < 1.29 is 14.7 Å². The maximum atomic E-state index is 12.6. The van der Waals surface area contributed by atoms with E-state index in [4.69, 9.17) is 5.11 Å². The number of likely N-dealkylation sites (tertiary alicyclic amines) is 1. The summed E-state index contributed by atoms with van der Waals surface area (Å²) < 4.78 is 1.83. The molecule has 0 spiro atoms. The summed E-state index contributed by atoms with van der Waals surface area (Å²) in [7, 11) is 0. The molecule has 0 unspecified atom stereocenters. The summed E-state index contributed by atoms with van der Waals surface area (Å²) >= 11 is 0. The molecule has 1 saturated heterocycles. The normalized spacial score (nSPS) is 18.5. The number of fused-ring (bicyclic) bond motifs is 1. The van der Waals surface area contributed by atoms with Gasteiger partial charge in [0.25, 0.3) is 5.91 Å². The smallest absolute Gasteiger partial charge is 0.303 e. The highest BCUT2D eigenvalue weighted by Crippen LogP contribution is 2.22. The molecule has 6 nitrogen and oxygen atoms in total. The molecule has 2 aromatic rings. The van der Waals surface area contributed by atoms with Gasteiger partial charge in [-0.2, -0.15) is 0 Å². The van der Waals surface area contributed by atoms with E-state index >= 15 is 0 Å². The molecular formula is C16H19N3O3. The van der Waals surface area contributed by atoms with Crippen LogP contribution < -0.4 is 0 Å². The summed E-state index contributed by atoms with van der Waals surface area (Å²) in [5.41, 5.74) is 1.46. The van der Waals surface area contributed by atoms with Gasteiger partial charge < -0.3 is 14.4 Å². The van der Waals surface area contributed by atoms with Crippen LogP contribution in [0.1, 0.15) is 36.0 Å². The molecule has 6 heteroatoms. The fraction of sp³-hybridized carbons (Fsp3) is 0.438. The first-order valence-electron chi connectivity index (χ1n) is 7.57. The number of piperidine rings is 1. The van der Waals surface area contributed by atoms with Gasteiger partial charge in [0.15, 0.2) is 0 Å². The summed E-state index contributed by atoms with van der Waals surface area (Å²) in [6.07, 6.45) is 8.06. The Morgan fingerprint density at radius 1 is 1.36 bits per heavy atom. The summed E-state index contributed by atoms with van der Waals surface area (Å²) in [6, 6.07) is 3.63. The summed E-state index contributed by atoms with van der Waals surface area (Å²) in [5.74, 6) is -0.476. The third kappa shape index (κ3) is 3.10. The SMILES string of the molecule is O=C(O)CC[C@H]1CCCN(C(=O)c2ccc3nccn3c2)C1. The van der Waals surface area contributed by atoms with Gasteiger partial charge in [0.2, 0.25) is 0 Å². The zero-order chi connectivity index (χ0) is 15.5. The molecule has 1 aliphatic rings. The molecule has 0 bridgehead atoms. The molecule has 1 N–H and O–H groups in total. The van der Waals surface area contributed by atoms with E-state index in [9.17, 15) is 9.59 Å². The lowest BCUT2D eigenvalue weighted by molar-refractivity contribution is -0.137. The van der Waals surface area contributed by atoms with Crippen molar-refractivity contribution in [3.05, 3.63) is 36.3 Å². The molecule has 116 valence electrons. The molecule has 3 heterocycles. The van der Waals surface area contributed by atoms with Crippen LogP contribution in [0.4, 0.5) is 0 Å². The number of carboxylic acids is 1. The maximum absolute atomic E-state index is 12.6. The van der Waals surface area contributed by atoms with Crippen LogP contribution in [0.2, 0.25) is 0 Å². The molecule has 3 rings (SSSR count). The second-order valence-electron chi connectivity index (χ2n) is 5.80. The van der Waals surface area contributed by atoms with Gasteiger partial charge in [-0.05, 0) is 37.3 Å². The van der Waals surface area contributed by atoms with E-state index < -0.39 is 5.97 Å². The fourth-order valence-corrected chi connectivity index (χ4v) is 3.04. The lowest BCUT2D eigenvalue weighted by Crippen LogP contribution is -2.40. The summed E-state index contributed by atoms with van der Waals surface area (Å²) in [5, 5.41) is 8.79. The molecule has 22 heavy (non-hydrogen) atoms. The van der Waals surface area contributed by atoms with E-state index in [0.717, 1.165) is 25.0 Å². The lowest BCUT2D eigenvalue weighted by Gasteiger charge is -2.32. The van der Waals surface area contributed by atoms with Crippen LogP contribution in [0.5, 0.6) is 0 Å². The monoisotopic (exact) mass is 301 g/mol. The van der Waals surface area contributed by atoms with Crippen LogP contribution in [0.15, 0.2) is 30.7 Å². The first kappa shape index (κ1) is 14.6. The van der Waals surface area contributed by atoms with Gasteiger partial charge in [-0.1, -0.05) is 0 Å². The Labute approximate surface area is 128 Å². The number of carboxylic acid groups (broad SMARTS) is 1. The number of rotatable bonds is 4. The van der Waals surface area contributed by atoms with Crippen LogP contribution in [0.3, 0.4) is 0 Å². The number of aromatic nitrogens is 2. The Morgan fingerprint density at radius 3 is 3.05 bits per heavy atom. The molecule has 1 amide bonds. The Bertz CT molecular complexity index is 695. The molecule has 1 fully saturated rings. The van der Waals surface area contributed by atoms with Crippen molar-refractivity contribution in [3.63, 3.8) is 0 Å². The average Bonchev–Trinajstić information content (AvgIpc) is 3.00. The number of hydrogen-bond acceptors (Lipinski definition) is 3. The molecule has 0 radical (unpaired) electrons. The predicted octanol–water partition coefficient (Wildman–Crippen LogP) is 2.05. The number of nitrogens with zero attached hydrogens (tertiary/aromatic N) is 3. The highest BCUT2D eigenvalue weighted by Gasteiger charge is 2.25. The number of pyridine rings is 1. The minimum atomic E-state index is -0.769. The van der Waals surface area contributed by atoms with Gasteiger partial charge in [0.05, 0.1) is 5.56 Å². The first-order valence-corrected chi connectivity index (χ1v) is 7.57. The van der Waals surface area contributed by atoms with Gasteiger partial charge in [-0.15, -0.1) is 0 Å². The largest absolute Gasteiger partial charge is 0.481 e. The predicted molar refractivity (Wildman–Crippen MR) is 80.7 cm³/mol.